The van der Waals surface area contributed by atoms with Crippen molar-refractivity contribution in [2.75, 3.05) is 0 Å². The van der Waals surface area contributed by atoms with Crippen LogP contribution in [-0.4, -0.2) is 11.6 Å². The third-order valence-electron chi connectivity index (χ3n) is 6.77. The van der Waals surface area contributed by atoms with Crippen molar-refractivity contribution < 1.29 is 9.53 Å². The van der Waals surface area contributed by atoms with E-state index in [9.17, 15) is 4.79 Å². The van der Waals surface area contributed by atoms with Crippen molar-refractivity contribution in [1.82, 2.24) is 0 Å². The molecule has 2 heteroatoms. The average Bonchev–Trinajstić information content (AvgIpc) is 2.89. The molecule has 4 bridgehead atoms. The van der Waals surface area contributed by atoms with E-state index in [1.807, 2.05) is 0 Å². The van der Waals surface area contributed by atoms with Gasteiger partial charge in [0.15, 0.2) is 0 Å². The topological polar surface area (TPSA) is 26.3 Å². The molecular formula is C17H26O2. The molecule has 5 aliphatic rings. The molecule has 0 unspecified atom stereocenters. The van der Waals surface area contributed by atoms with Gasteiger partial charge in [0.1, 0.15) is 5.60 Å². The molecule has 19 heavy (non-hydrogen) atoms. The van der Waals surface area contributed by atoms with E-state index >= 15 is 0 Å². The summed E-state index contributed by atoms with van der Waals surface area (Å²) >= 11 is 0. The van der Waals surface area contributed by atoms with Crippen LogP contribution in [0, 0.1) is 29.6 Å². The fourth-order valence-corrected chi connectivity index (χ4v) is 5.75. The number of esters is 1. The Hall–Kier alpha value is -0.530. The van der Waals surface area contributed by atoms with E-state index in [1.54, 1.807) is 0 Å². The molecule has 0 saturated heterocycles. The second-order valence-corrected chi connectivity index (χ2v) is 7.89. The summed E-state index contributed by atoms with van der Waals surface area (Å²) < 4.78 is 6.16. The highest BCUT2D eigenvalue weighted by Crippen LogP contribution is 2.59. The summed E-state index contributed by atoms with van der Waals surface area (Å²) in [5.74, 6) is 3.56. The molecule has 0 spiro atoms. The van der Waals surface area contributed by atoms with Crippen LogP contribution in [0.5, 0.6) is 0 Å². The van der Waals surface area contributed by atoms with Crippen LogP contribution in [0.15, 0.2) is 0 Å². The number of rotatable bonds is 2. The molecular weight excluding hydrogens is 236 g/mol. The Morgan fingerprint density at radius 3 is 2.00 bits per heavy atom. The second kappa shape index (κ2) is 4.23. The van der Waals surface area contributed by atoms with Gasteiger partial charge in [0, 0.05) is 0 Å². The first-order valence-electron chi connectivity index (χ1n) is 8.38. The van der Waals surface area contributed by atoms with Gasteiger partial charge in [-0.2, -0.15) is 0 Å². The zero-order chi connectivity index (χ0) is 13.0. The lowest BCUT2D eigenvalue weighted by atomic mass is 9.50. The summed E-state index contributed by atoms with van der Waals surface area (Å²) in [5, 5.41) is 0. The minimum Gasteiger partial charge on any atom is -0.459 e. The smallest absolute Gasteiger partial charge is 0.309 e. The standard InChI is InChI=1S/C17H26O2/c1-17(19-16(18)13-4-2-3-5-13)14-7-11-6-12(9-14)10-15(17)8-11/h11-15H,2-10H2,1H3. The van der Waals surface area contributed by atoms with Gasteiger partial charge >= 0.3 is 5.97 Å². The second-order valence-electron chi connectivity index (χ2n) is 7.89. The maximum atomic E-state index is 12.4. The summed E-state index contributed by atoms with van der Waals surface area (Å²) in [6, 6.07) is 0. The molecule has 0 aromatic rings. The summed E-state index contributed by atoms with van der Waals surface area (Å²) in [4.78, 5) is 12.4. The van der Waals surface area contributed by atoms with Crippen LogP contribution in [-0.2, 0) is 9.53 Å². The molecule has 0 atom stereocenters. The molecule has 5 fully saturated rings. The maximum Gasteiger partial charge on any atom is 0.309 e. The Labute approximate surface area is 116 Å². The van der Waals surface area contributed by atoms with Crippen molar-refractivity contribution in [2.45, 2.75) is 70.3 Å². The van der Waals surface area contributed by atoms with E-state index in [2.05, 4.69) is 6.92 Å². The number of hydrogen-bond acceptors (Lipinski definition) is 2. The highest BCUT2D eigenvalue weighted by molar-refractivity contribution is 5.73. The molecule has 5 saturated carbocycles. The first kappa shape index (κ1) is 12.2. The van der Waals surface area contributed by atoms with Gasteiger partial charge in [-0.05, 0) is 75.5 Å². The summed E-state index contributed by atoms with van der Waals surface area (Å²) in [5.41, 5.74) is -0.118. The molecule has 0 aromatic heterocycles. The number of ether oxygens (including phenoxy) is 1. The van der Waals surface area contributed by atoms with E-state index in [-0.39, 0.29) is 17.5 Å². The number of carbonyl (C=O) groups is 1. The Bertz CT molecular complexity index is 353. The molecule has 0 radical (unpaired) electrons. The van der Waals surface area contributed by atoms with Crippen LogP contribution in [0.2, 0.25) is 0 Å². The molecule has 5 rings (SSSR count). The maximum absolute atomic E-state index is 12.4. The third-order valence-corrected chi connectivity index (χ3v) is 6.77. The minimum absolute atomic E-state index is 0.118. The van der Waals surface area contributed by atoms with Gasteiger partial charge in [-0.1, -0.05) is 12.8 Å². The van der Waals surface area contributed by atoms with E-state index in [1.165, 1.54) is 44.9 Å². The van der Waals surface area contributed by atoms with Crippen LogP contribution < -0.4 is 0 Å². The summed E-state index contributed by atoms with van der Waals surface area (Å²) in [7, 11) is 0. The SMILES string of the molecule is CC1(OC(=O)C2CCCC2)C2CC3CC(C2)CC1C3. The van der Waals surface area contributed by atoms with E-state index in [0.717, 1.165) is 24.7 Å². The van der Waals surface area contributed by atoms with Gasteiger partial charge in [-0.15, -0.1) is 0 Å². The van der Waals surface area contributed by atoms with Gasteiger partial charge in [0.2, 0.25) is 0 Å². The van der Waals surface area contributed by atoms with Crippen LogP contribution in [0.25, 0.3) is 0 Å². The number of carbonyl (C=O) groups excluding carboxylic acids is 1. The number of hydrogen-bond donors (Lipinski definition) is 0. The predicted molar refractivity (Wildman–Crippen MR) is 73.5 cm³/mol. The summed E-state index contributed by atoms with van der Waals surface area (Å²) in [6.07, 6.45) is 11.3. The molecule has 2 nitrogen and oxygen atoms in total. The fraction of sp³-hybridized carbons (Fsp3) is 0.941. The molecule has 0 amide bonds. The van der Waals surface area contributed by atoms with E-state index in [0.29, 0.717) is 11.8 Å². The van der Waals surface area contributed by atoms with E-state index < -0.39 is 0 Å². The third kappa shape index (κ3) is 1.86. The molecule has 0 N–H and O–H groups in total. The Balaban J connectivity index is 1.51. The van der Waals surface area contributed by atoms with Crippen molar-refractivity contribution in [1.29, 1.82) is 0 Å². The lowest BCUT2D eigenvalue weighted by Gasteiger charge is -2.59. The average molecular weight is 262 g/mol. The molecule has 0 aromatic carbocycles. The van der Waals surface area contributed by atoms with Crippen molar-refractivity contribution in [3.63, 3.8) is 0 Å². The lowest BCUT2D eigenvalue weighted by molar-refractivity contribution is -0.206. The molecule has 106 valence electrons. The molecule has 0 aliphatic heterocycles. The zero-order valence-electron chi connectivity index (χ0n) is 12.1. The van der Waals surface area contributed by atoms with Gasteiger partial charge in [-0.3, -0.25) is 4.79 Å². The predicted octanol–water partition coefficient (Wildman–Crippen LogP) is 3.93. The van der Waals surface area contributed by atoms with Crippen LogP contribution >= 0.6 is 0 Å². The minimum atomic E-state index is -0.118. The Morgan fingerprint density at radius 2 is 1.47 bits per heavy atom. The normalized spacial score (nSPS) is 48.7. The van der Waals surface area contributed by atoms with Crippen LogP contribution in [0.3, 0.4) is 0 Å². The van der Waals surface area contributed by atoms with Crippen molar-refractivity contribution in [3.05, 3.63) is 0 Å². The lowest BCUT2D eigenvalue weighted by Crippen LogP contribution is -2.58. The van der Waals surface area contributed by atoms with Crippen LogP contribution in [0.4, 0.5) is 0 Å². The van der Waals surface area contributed by atoms with E-state index in [4.69, 9.17) is 4.74 Å². The zero-order valence-corrected chi connectivity index (χ0v) is 12.1. The van der Waals surface area contributed by atoms with Crippen molar-refractivity contribution in [3.8, 4) is 0 Å². The quantitative estimate of drug-likeness (QED) is 0.705. The first-order valence-corrected chi connectivity index (χ1v) is 8.38. The van der Waals surface area contributed by atoms with Gasteiger partial charge < -0.3 is 4.74 Å². The van der Waals surface area contributed by atoms with Gasteiger partial charge in [0.25, 0.3) is 0 Å². The largest absolute Gasteiger partial charge is 0.459 e. The van der Waals surface area contributed by atoms with Crippen LogP contribution in [0.1, 0.15) is 64.7 Å². The monoisotopic (exact) mass is 262 g/mol. The summed E-state index contributed by atoms with van der Waals surface area (Å²) in [6.45, 7) is 2.26. The Kier molecular flexibility index (Phi) is 2.72. The van der Waals surface area contributed by atoms with Crippen molar-refractivity contribution in [2.24, 2.45) is 29.6 Å². The first-order chi connectivity index (χ1) is 9.15. The fourth-order valence-electron chi connectivity index (χ4n) is 5.75. The highest BCUT2D eigenvalue weighted by Gasteiger charge is 2.57. The highest BCUT2D eigenvalue weighted by atomic mass is 16.6. The van der Waals surface area contributed by atoms with Crippen molar-refractivity contribution >= 4 is 5.97 Å². The Morgan fingerprint density at radius 1 is 0.947 bits per heavy atom. The molecule has 5 aliphatic carbocycles. The van der Waals surface area contributed by atoms with Gasteiger partial charge in [-0.25, -0.2) is 0 Å². The van der Waals surface area contributed by atoms with Gasteiger partial charge in [0.05, 0.1) is 5.92 Å². The molecule has 0 heterocycles.